The average Bonchev–Trinajstić information content (AvgIpc) is 3.04. The first-order chi connectivity index (χ1) is 23.2. The van der Waals surface area contributed by atoms with Gasteiger partial charge in [0.15, 0.2) is 6.61 Å². The highest BCUT2D eigenvalue weighted by Crippen LogP contribution is 2.32. The summed E-state index contributed by atoms with van der Waals surface area (Å²) in [5.74, 6) is -0.0212. The molecule has 0 saturated carbocycles. The van der Waals surface area contributed by atoms with Crippen molar-refractivity contribution in [3.8, 4) is 17.2 Å². The van der Waals surface area contributed by atoms with Crippen molar-refractivity contribution in [2.24, 2.45) is 0 Å². The Morgan fingerprint density at radius 2 is 1.55 bits per heavy atom. The molecule has 2 amide bonds. The van der Waals surface area contributed by atoms with Crippen LogP contribution in [0.3, 0.4) is 0 Å². The van der Waals surface area contributed by atoms with Gasteiger partial charge in [0, 0.05) is 37.5 Å². The first kappa shape index (κ1) is 38.5. The molecule has 3 rings (SSSR count). The van der Waals surface area contributed by atoms with E-state index in [1.54, 1.807) is 76.2 Å². The van der Waals surface area contributed by atoms with Crippen molar-refractivity contribution in [3.63, 3.8) is 0 Å². The van der Waals surface area contributed by atoms with E-state index in [0.29, 0.717) is 46.7 Å². The Morgan fingerprint density at radius 3 is 2.22 bits per heavy atom. The Bertz CT molecular complexity index is 1590. The number of carbonyl (C=O) groups excluding carboxylic acids is 4. The molecule has 49 heavy (non-hydrogen) atoms. The van der Waals surface area contributed by atoms with Gasteiger partial charge in [-0.05, 0) is 75.6 Å². The van der Waals surface area contributed by atoms with Gasteiger partial charge in [0.25, 0.3) is 5.91 Å². The summed E-state index contributed by atoms with van der Waals surface area (Å²) in [6.45, 7) is 8.58. The maximum Gasteiger partial charge on any atom is 0.414 e. The fourth-order valence-corrected chi connectivity index (χ4v) is 4.40. The molecule has 12 nitrogen and oxygen atoms in total. The lowest BCUT2D eigenvalue weighted by molar-refractivity contribution is -0.143. The highest BCUT2D eigenvalue weighted by Gasteiger charge is 2.23. The van der Waals surface area contributed by atoms with Gasteiger partial charge in [0.05, 0.1) is 18.0 Å². The summed E-state index contributed by atoms with van der Waals surface area (Å²) >= 11 is 6.01. The summed E-state index contributed by atoms with van der Waals surface area (Å²) in [4.78, 5) is 50.3. The number of carbonyl (C=O) groups is 4. The van der Waals surface area contributed by atoms with Gasteiger partial charge in [0.1, 0.15) is 42.7 Å². The molecule has 1 N–H and O–H groups in total. The van der Waals surface area contributed by atoms with Crippen molar-refractivity contribution >= 4 is 46.9 Å². The highest BCUT2D eigenvalue weighted by atomic mass is 35.5. The lowest BCUT2D eigenvalue weighted by Gasteiger charge is -2.26. The summed E-state index contributed by atoms with van der Waals surface area (Å²) < 4.78 is 33.1. The first-order valence-corrected chi connectivity index (χ1v) is 16.1. The minimum atomic E-state index is -0.757. The fraction of sp³-hybridized carbons (Fsp3) is 0.389. The number of hydrogen-bond donors (Lipinski definition) is 1. The second kappa shape index (κ2) is 18.5. The molecule has 13 heteroatoms. The van der Waals surface area contributed by atoms with E-state index in [1.165, 1.54) is 18.9 Å². The van der Waals surface area contributed by atoms with Crippen molar-refractivity contribution in [1.29, 1.82) is 0 Å². The highest BCUT2D eigenvalue weighted by molar-refractivity contribution is 6.30. The Labute approximate surface area is 291 Å². The summed E-state index contributed by atoms with van der Waals surface area (Å²) in [5.41, 5.74) is 1.50. The first-order valence-electron chi connectivity index (χ1n) is 15.7. The van der Waals surface area contributed by atoms with E-state index in [2.05, 4.69) is 5.32 Å². The van der Waals surface area contributed by atoms with Crippen LogP contribution < -0.4 is 24.4 Å². The Kier molecular flexibility index (Phi) is 14.6. The lowest BCUT2D eigenvalue weighted by atomic mass is 10.1. The van der Waals surface area contributed by atoms with Crippen molar-refractivity contribution in [1.82, 2.24) is 0 Å². The quantitative estimate of drug-likeness (QED) is 0.0971. The topological polar surface area (TPSA) is 139 Å². The fourth-order valence-electron chi connectivity index (χ4n) is 4.27. The molecule has 0 aliphatic rings. The molecule has 0 saturated heterocycles. The van der Waals surface area contributed by atoms with E-state index >= 15 is 0 Å². The molecule has 0 atom stereocenters. The van der Waals surface area contributed by atoms with Gasteiger partial charge < -0.3 is 33.7 Å². The third-order valence-electron chi connectivity index (χ3n) is 6.55. The minimum absolute atomic E-state index is 0.0443. The van der Waals surface area contributed by atoms with Gasteiger partial charge >= 0.3 is 18.0 Å². The zero-order valence-corrected chi connectivity index (χ0v) is 29.4. The van der Waals surface area contributed by atoms with Crippen LogP contribution in [0.4, 0.5) is 16.2 Å². The smallest absolute Gasteiger partial charge is 0.414 e. The number of nitrogens with zero attached hydrogens (tertiary/aromatic N) is 1. The van der Waals surface area contributed by atoms with E-state index in [1.807, 2.05) is 12.1 Å². The van der Waals surface area contributed by atoms with E-state index in [4.69, 9.17) is 40.0 Å². The molecule has 3 aromatic rings. The zero-order valence-electron chi connectivity index (χ0n) is 28.6. The molecule has 0 fully saturated rings. The molecular weight excluding hydrogens is 656 g/mol. The SMILES string of the molecule is CCOC(=O)CCc1ccc(OCC(=O)Nc2ccc(OCCOC(C)=O)cc2N(C)C(=O)OC(C)(C)C)cc1OCc1ccc(Cl)cc1. The van der Waals surface area contributed by atoms with E-state index < -0.39 is 23.6 Å². The van der Waals surface area contributed by atoms with Crippen LogP contribution in [0.15, 0.2) is 60.7 Å². The number of esters is 2. The van der Waals surface area contributed by atoms with Gasteiger partial charge in [-0.15, -0.1) is 0 Å². The van der Waals surface area contributed by atoms with Crippen LogP contribution in [0, 0.1) is 0 Å². The molecule has 264 valence electrons. The summed E-state index contributed by atoms with van der Waals surface area (Å²) in [7, 11) is 1.51. The molecular formula is C36H43ClN2O10. The Balaban J connectivity index is 1.74. The summed E-state index contributed by atoms with van der Waals surface area (Å²) in [6, 6.07) is 17.1. The van der Waals surface area contributed by atoms with Gasteiger partial charge in [-0.1, -0.05) is 29.8 Å². The van der Waals surface area contributed by atoms with Crippen molar-refractivity contribution < 1.29 is 47.6 Å². The molecule has 0 aliphatic heterocycles. The number of aryl methyl sites for hydroxylation is 1. The number of anilines is 2. The van der Waals surface area contributed by atoms with Gasteiger partial charge in [-0.25, -0.2) is 4.79 Å². The van der Waals surface area contributed by atoms with Crippen LogP contribution in [0.25, 0.3) is 0 Å². The molecule has 0 radical (unpaired) electrons. The standard InChI is InChI=1S/C36H43ClN2O10/c1-7-44-34(42)17-11-26-10-14-29(21-32(26)48-22-25-8-12-27(37)13-9-25)47-23-33(41)38-30-16-15-28(46-19-18-45-24(2)40)20-31(30)39(6)35(43)49-36(3,4)5/h8-10,12-16,20-21H,7,11,17-19,22-23H2,1-6H3,(H,38,41). The van der Waals surface area contributed by atoms with Crippen molar-refractivity contribution in [2.45, 2.75) is 59.7 Å². The number of hydrogen-bond acceptors (Lipinski definition) is 10. The maximum atomic E-state index is 13.1. The Morgan fingerprint density at radius 1 is 0.857 bits per heavy atom. The second-order valence-electron chi connectivity index (χ2n) is 11.7. The third-order valence-corrected chi connectivity index (χ3v) is 6.80. The van der Waals surface area contributed by atoms with E-state index in [-0.39, 0.29) is 38.8 Å². The summed E-state index contributed by atoms with van der Waals surface area (Å²) in [6.07, 6.45) is -0.0953. The monoisotopic (exact) mass is 698 g/mol. The number of amides is 2. The number of benzene rings is 3. The van der Waals surface area contributed by atoms with Crippen LogP contribution >= 0.6 is 11.6 Å². The average molecular weight is 699 g/mol. The number of rotatable bonds is 16. The molecule has 0 spiro atoms. The normalized spacial score (nSPS) is 10.8. The molecule has 0 aromatic heterocycles. The van der Waals surface area contributed by atoms with Gasteiger partial charge in [-0.3, -0.25) is 19.3 Å². The van der Waals surface area contributed by atoms with Crippen LogP contribution in [0.5, 0.6) is 17.2 Å². The van der Waals surface area contributed by atoms with E-state index in [0.717, 1.165) is 11.1 Å². The van der Waals surface area contributed by atoms with Crippen LogP contribution in [-0.4, -0.2) is 63.0 Å². The van der Waals surface area contributed by atoms with Gasteiger partial charge in [-0.2, -0.15) is 0 Å². The minimum Gasteiger partial charge on any atom is -0.490 e. The zero-order chi connectivity index (χ0) is 36.0. The molecule has 0 heterocycles. The Hall–Kier alpha value is -4.97. The molecule has 0 bridgehead atoms. The van der Waals surface area contributed by atoms with Crippen molar-refractivity contribution in [2.75, 3.05) is 43.7 Å². The number of nitrogens with one attached hydrogen (secondary N) is 1. The maximum absolute atomic E-state index is 13.1. The number of halogens is 1. The van der Waals surface area contributed by atoms with Crippen molar-refractivity contribution in [3.05, 3.63) is 76.8 Å². The predicted octanol–water partition coefficient (Wildman–Crippen LogP) is 6.75. The van der Waals surface area contributed by atoms with Crippen LogP contribution in [0.1, 0.15) is 52.2 Å². The summed E-state index contributed by atoms with van der Waals surface area (Å²) in [5, 5.41) is 3.39. The number of ether oxygens (including phenoxy) is 6. The predicted molar refractivity (Wildman–Crippen MR) is 185 cm³/mol. The second-order valence-corrected chi connectivity index (χ2v) is 12.2. The third kappa shape index (κ3) is 13.6. The van der Waals surface area contributed by atoms with E-state index in [9.17, 15) is 19.2 Å². The largest absolute Gasteiger partial charge is 0.490 e. The molecule has 3 aromatic carbocycles. The lowest BCUT2D eigenvalue weighted by Crippen LogP contribution is -2.34. The molecule has 0 aliphatic carbocycles. The van der Waals surface area contributed by atoms with Crippen LogP contribution in [0.2, 0.25) is 5.02 Å². The molecule has 0 unspecified atom stereocenters. The van der Waals surface area contributed by atoms with Crippen LogP contribution in [-0.2, 0) is 41.6 Å². The van der Waals surface area contributed by atoms with Gasteiger partial charge in [0.2, 0.25) is 0 Å².